The maximum Gasteiger partial charge on any atom is 0.472 e. The Kier molecular flexibility index (Phi) is 3.41. The van der Waals surface area contributed by atoms with Crippen LogP contribution < -0.4 is 5.46 Å². The number of hydrogen-bond acceptors (Lipinski definition) is 3. The lowest BCUT2D eigenvalue weighted by Crippen LogP contribution is -2.48. The van der Waals surface area contributed by atoms with Gasteiger partial charge in [0, 0.05) is 0 Å². The molecule has 1 heterocycles. The first kappa shape index (κ1) is 12.4. The molecule has 17 heavy (non-hydrogen) atoms. The Morgan fingerprint density at radius 2 is 1.12 bits per heavy atom. The molecule has 0 N–H and O–H groups in total. The van der Waals surface area contributed by atoms with Crippen LogP contribution in [-0.2, 0) is 13.7 Å². The first-order valence-corrected chi connectivity index (χ1v) is 4.15. The summed E-state index contributed by atoms with van der Waals surface area (Å²) in [5, 5.41) is 0. The average molecular weight is 247 g/mol. The zero-order valence-electron chi connectivity index (χ0n) is 7.85. The van der Waals surface area contributed by atoms with Gasteiger partial charge in [0.15, 0.2) is 29.1 Å². The van der Waals surface area contributed by atoms with E-state index in [1.165, 1.54) is 0 Å². The second kappa shape index (κ2) is 4.67. The fourth-order valence-corrected chi connectivity index (χ4v) is 1.18. The van der Waals surface area contributed by atoms with Crippen LogP contribution in [0.2, 0.25) is 0 Å². The highest BCUT2D eigenvalue weighted by molar-refractivity contribution is 6.71. The standard InChI is InChI=1S/C6B3F5O3/c10-2-1(9-16-7-15-8-17-9)3(11)5(13)6(14)4(2)12. The van der Waals surface area contributed by atoms with Gasteiger partial charge in [-0.25, -0.2) is 22.0 Å². The molecule has 0 spiro atoms. The fourth-order valence-electron chi connectivity index (χ4n) is 1.18. The van der Waals surface area contributed by atoms with E-state index < -0.39 is 41.7 Å². The number of benzene rings is 1. The quantitative estimate of drug-likeness (QED) is 0.307. The minimum Gasteiger partial charge on any atom is -0.457 e. The van der Waals surface area contributed by atoms with Crippen molar-refractivity contribution in [2.45, 2.75) is 0 Å². The fraction of sp³-hybridized carbons (Fsp3) is 0. The van der Waals surface area contributed by atoms with E-state index in [9.17, 15) is 22.0 Å². The molecule has 11 heteroatoms. The summed E-state index contributed by atoms with van der Waals surface area (Å²) in [6.07, 6.45) is 0. The summed E-state index contributed by atoms with van der Waals surface area (Å²) in [7, 11) is -0.535. The van der Waals surface area contributed by atoms with E-state index in [0.29, 0.717) is 15.4 Å². The smallest absolute Gasteiger partial charge is 0.457 e. The molecule has 0 aliphatic carbocycles. The van der Waals surface area contributed by atoms with Crippen molar-refractivity contribution in [3.05, 3.63) is 29.1 Å². The average Bonchev–Trinajstić information content (AvgIpc) is 2.36. The first-order valence-electron chi connectivity index (χ1n) is 4.15. The topological polar surface area (TPSA) is 27.7 Å². The van der Waals surface area contributed by atoms with Crippen LogP contribution in [0, 0.1) is 29.1 Å². The first-order chi connectivity index (χ1) is 8.04. The second-order valence-corrected chi connectivity index (χ2v) is 2.92. The summed E-state index contributed by atoms with van der Waals surface area (Å²) in [5.41, 5.74) is -1.22. The molecule has 2 radical (unpaired) electrons. The van der Waals surface area contributed by atoms with Crippen LogP contribution in [0.25, 0.3) is 0 Å². The summed E-state index contributed by atoms with van der Waals surface area (Å²) in [5.74, 6) is -10.4. The van der Waals surface area contributed by atoms with Crippen molar-refractivity contribution < 1.29 is 35.7 Å². The zero-order chi connectivity index (χ0) is 12.6. The van der Waals surface area contributed by atoms with Gasteiger partial charge in [0.2, 0.25) is 0 Å². The van der Waals surface area contributed by atoms with E-state index in [0.717, 1.165) is 0 Å². The van der Waals surface area contributed by atoms with Gasteiger partial charge >= 0.3 is 22.5 Å². The predicted molar refractivity (Wildman–Crippen MR) is 46.4 cm³/mol. The minimum absolute atomic E-state index is 0.631. The van der Waals surface area contributed by atoms with Crippen molar-refractivity contribution in [2.24, 2.45) is 0 Å². The van der Waals surface area contributed by atoms with Crippen LogP contribution in [0.3, 0.4) is 0 Å². The monoisotopic (exact) mass is 248 g/mol. The summed E-state index contributed by atoms with van der Waals surface area (Å²) < 4.78 is 78.0. The molecule has 0 saturated carbocycles. The Labute approximate surface area is 93.6 Å². The van der Waals surface area contributed by atoms with Gasteiger partial charge in [-0.1, -0.05) is 0 Å². The third-order valence-corrected chi connectivity index (χ3v) is 1.95. The molecule has 1 aliphatic heterocycles. The van der Waals surface area contributed by atoms with Crippen LogP contribution in [-0.4, -0.2) is 22.5 Å². The van der Waals surface area contributed by atoms with Crippen LogP contribution >= 0.6 is 0 Å². The van der Waals surface area contributed by atoms with E-state index in [2.05, 4.69) is 13.7 Å². The zero-order valence-corrected chi connectivity index (χ0v) is 7.85. The molecular formula is C6B3F5O3. The van der Waals surface area contributed by atoms with E-state index in [-0.39, 0.29) is 0 Å². The maximum atomic E-state index is 13.2. The molecule has 0 bridgehead atoms. The molecule has 3 nitrogen and oxygen atoms in total. The van der Waals surface area contributed by atoms with Gasteiger partial charge in [-0.15, -0.1) is 0 Å². The molecule has 1 saturated heterocycles. The Morgan fingerprint density at radius 3 is 1.59 bits per heavy atom. The molecule has 86 valence electrons. The normalized spacial score (nSPS) is 15.5. The Morgan fingerprint density at radius 1 is 0.706 bits per heavy atom. The lowest BCUT2D eigenvalue weighted by molar-refractivity contribution is 0.327. The molecule has 1 fully saturated rings. The molecule has 1 aromatic rings. The molecule has 1 aliphatic rings. The van der Waals surface area contributed by atoms with Gasteiger partial charge in [0.1, 0.15) is 0 Å². The Hall–Kier alpha value is -1.06. The third kappa shape index (κ3) is 2.05. The van der Waals surface area contributed by atoms with Gasteiger partial charge in [-0.05, 0) is 0 Å². The molecule has 0 unspecified atom stereocenters. The van der Waals surface area contributed by atoms with Crippen molar-refractivity contribution in [3.8, 4) is 0 Å². The summed E-state index contributed by atoms with van der Waals surface area (Å²) in [6.45, 7) is 0. The lowest BCUT2D eigenvalue weighted by Gasteiger charge is -2.19. The van der Waals surface area contributed by atoms with Crippen molar-refractivity contribution >= 4 is 28.0 Å². The second-order valence-electron chi connectivity index (χ2n) is 2.92. The van der Waals surface area contributed by atoms with Crippen molar-refractivity contribution in [1.82, 2.24) is 0 Å². The molecule has 0 amide bonds. The summed E-state index contributed by atoms with van der Waals surface area (Å²) >= 11 is 0. The maximum absolute atomic E-state index is 13.2. The van der Waals surface area contributed by atoms with E-state index in [4.69, 9.17) is 0 Å². The summed E-state index contributed by atoms with van der Waals surface area (Å²) in [4.78, 5) is 0. The Balaban J connectivity index is 2.52. The lowest BCUT2D eigenvalue weighted by atomic mass is 9.74. The van der Waals surface area contributed by atoms with Crippen molar-refractivity contribution in [2.75, 3.05) is 0 Å². The molecule has 2 rings (SSSR count). The van der Waals surface area contributed by atoms with Gasteiger partial charge < -0.3 is 13.7 Å². The highest BCUT2D eigenvalue weighted by atomic mass is 19.2. The van der Waals surface area contributed by atoms with Gasteiger partial charge in [-0.3, -0.25) is 0 Å². The largest absolute Gasteiger partial charge is 0.472 e. The van der Waals surface area contributed by atoms with Crippen LogP contribution in [0.5, 0.6) is 0 Å². The predicted octanol–water partition coefficient (Wildman–Crippen LogP) is 0.209. The van der Waals surface area contributed by atoms with Crippen LogP contribution in [0.4, 0.5) is 22.0 Å². The van der Waals surface area contributed by atoms with E-state index in [1.54, 1.807) is 0 Å². The van der Waals surface area contributed by atoms with Gasteiger partial charge in [0.25, 0.3) is 0 Å². The summed E-state index contributed by atoms with van der Waals surface area (Å²) in [6, 6.07) is 0. The van der Waals surface area contributed by atoms with Crippen molar-refractivity contribution in [1.29, 1.82) is 0 Å². The van der Waals surface area contributed by atoms with Gasteiger partial charge in [-0.2, -0.15) is 0 Å². The third-order valence-electron chi connectivity index (χ3n) is 1.95. The van der Waals surface area contributed by atoms with E-state index >= 15 is 0 Å². The van der Waals surface area contributed by atoms with Gasteiger partial charge in [0.05, 0.1) is 5.46 Å². The van der Waals surface area contributed by atoms with E-state index in [1.807, 2.05) is 0 Å². The molecule has 0 atom stereocenters. The molecular weight excluding hydrogens is 247 g/mol. The van der Waals surface area contributed by atoms with Crippen LogP contribution in [0.1, 0.15) is 0 Å². The number of rotatable bonds is 1. The highest BCUT2D eigenvalue weighted by Crippen LogP contribution is 2.17. The Bertz CT molecular complexity index is 424. The number of halogens is 5. The molecule has 0 aromatic heterocycles. The van der Waals surface area contributed by atoms with Crippen LogP contribution in [0.15, 0.2) is 0 Å². The number of hydrogen-bond donors (Lipinski definition) is 0. The molecule has 1 aromatic carbocycles. The van der Waals surface area contributed by atoms with Crippen molar-refractivity contribution in [3.63, 3.8) is 0 Å². The highest BCUT2D eigenvalue weighted by Gasteiger charge is 2.37. The SMILES string of the molecule is Fc1c(F)c(F)c(B2O[B]O[B]O2)c(F)c1F. The minimum atomic E-state index is -2.25.